The summed E-state index contributed by atoms with van der Waals surface area (Å²) >= 11 is 0. The largest absolute Gasteiger partial charge is 0.486 e. The van der Waals surface area contributed by atoms with Crippen molar-refractivity contribution in [2.24, 2.45) is 5.92 Å². The van der Waals surface area contributed by atoms with E-state index in [1.54, 1.807) is 14.0 Å². The van der Waals surface area contributed by atoms with Crippen LogP contribution in [0.5, 0.6) is 11.5 Å². The van der Waals surface area contributed by atoms with Gasteiger partial charge in [-0.05, 0) is 24.6 Å². The van der Waals surface area contributed by atoms with E-state index >= 15 is 0 Å². The minimum atomic E-state index is -0.926. The van der Waals surface area contributed by atoms with Crippen LogP contribution >= 0.6 is 0 Å². The van der Waals surface area contributed by atoms with E-state index < -0.39 is 11.9 Å². The SMILES string of the molecule is CC(CN(C)C(=O)NC(C)c1ccc2c(c1)OCCO2)C(=O)O. The number of fused-ring (bicyclic) bond motifs is 1. The summed E-state index contributed by atoms with van der Waals surface area (Å²) in [5.74, 6) is -0.173. The van der Waals surface area contributed by atoms with Crippen LogP contribution in [0.1, 0.15) is 25.5 Å². The van der Waals surface area contributed by atoms with E-state index in [2.05, 4.69) is 5.32 Å². The Morgan fingerprint density at radius 3 is 2.57 bits per heavy atom. The number of ether oxygens (including phenoxy) is 2. The molecule has 2 rings (SSSR count). The Hall–Kier alpha value is -2.44. The molecule has 23 heavy (non-hydrogen) atoms. The molecule has 0 radical (unpaired) electrons. The van der Waals surface area contributed by atoms with Gasteiger partial charge in [-0.3, -0.25) is 4.79 Å². The first kappa shape index (κ1) is 16.9. The van der Waals surface area contributed by atoms with Crippen LogP contribution in [0.3, 0.4) is 0 Å². The summed E-state index contributed by atoms with van der Waals surface area (Å²) in [6.45, 7) is 4.61. The van der Waals surface area contributed by atoms with Gasteiger partial charge in [-0.2, -0.15) is 0 Å². The second-order valence-electron chi connectivity index (χ2n) is 5.69. The number of hydrogen-bond donors (Lipinski definition) is 2. The van der Waals surface area contributed by atoms with Crippen molar-refractivity contribution in [3.8, 4) is 11.5 Å². The minimum Gasteiger partial charge on any atom is -0.486 e. The molecule has 1 aliphatic heterocycles. The predicted octanol–water partition coefficient (Wildman–Crippen LogP) is 1.88. The van der Waals surface area contributed by atoms with Gasteiger partial charge in [0.1, 0.15) is 13.2 Å². The molecule has 0 spiro atoms. The lowest BCUT2D eigenvalue weighted by atomic mass is 10.1. The van der Waals surface area contributed by atoms with Crippen molar-refractivity contribution in [2.75, 3.05) is 26.8 Å². The number of nitrogens with zero attached hydrogens (tertiary/aromatic N) is 1. The Bertz CT molecular complexity index is 590. The fourth-order valence-corrected chi connectivity index (χ4v) is 2.28. The van der Waals surface area contributed by atoms with Gasteiger partial charge >= 0.3 is 12.0 Å². The molecule has 0 saturated carbocycles. The van der Waals surface area contributed by atoms with Crippen LogP contribution in [0.2, 0.25) is 0 Å². The van der Waals surface area contributed by atoms with Gasteiger partial charge in [-0.1, -0.05) is 13.0 Å². The average molecular weight is 322 g/mol. The molecule has 7 heteroatoms. The van der Waals surface area contributed by atoms with Crippen LogP contribution in [-0.2, 0) is 4.79 Å². The third-order valence-corrected chi connectivity index (χ3v) is 3.72. The van der Waals surface area contributed by atoms with Gasteiger partial charge in [0.15, 0.2) is 11.5 Å². The zero-order valence-electron chi connectivity index (χ0n) is 13.5. The molecule has 126 valence electrons. The Morgan fingerprint density at radius 1 is 1.26 bits per heavy atom. The quantitative estimate of drug-likeness (QED) is 0.864. The highest BCUT2D eigenvalue weighted by molar-refractivity contribution is 5.76. The van der Waals surface area contributed by atoms with E-state index in [9.17, 15) is 9.59 Å². The number of benzene rings is 1. The van der Waals surface area contributed by atoms with Gasteiger partial charge in [0.05, 0.1) is 12.0 Å². The van der Waals surface area contributed by atoms with Crippen LogP contribution in [0, 0.1) is 5.92 Å². The topological polar surface area (TPSA) is 88.1 Å². The van der Waals surface area contributed by atoms with Crippen LogP contribution in [0.4, 0.5) is 4.79 Å². The second-order valence-corrected chi connectivity index (χ2v) is 5.69. The summed E-state index contributed by atoms with van der Waals surface area (Å²) in [5.41, 5.74) is 0.891. The fourth-order valence-electron chi connectivity index (χ4n) is 2.28. The first-order chi connectivity index (χ1) is 10.9. The molecule has 0 aliphatic carbocycles. The summed E-state index contributed by atoms with van der Waals surface area (Å²) in [6, 6.07) is 4.99. The van der Waals surface area contributed by atoms with Crippen molar-refractivity contribution >= 4 is 12.0 Å². The van der Waals surface area contributed by atoms with Crippen LogP contribution < -0.4 is 14.8 Å². The van der Waals surface area contributed by atoms with Crippen molar-refractivity contribution in [3.63, 3.8) is 0 Å². The normalized spacial score (nSPS) is 15.4. The van der Waals surface area contributed by atoms with Crippen molar-refractivity contribution < 1.29 is 24.2 Å². The number of amides is 2. The summed E-state index contributed by atoms with van der Waals surface area (Å²) < 4.78 is 11.0. The van der Waals surface area contributed by atoms with Gasteiger partial charge in [0.25, 0.3) is 0 Å². The zero-order valence-corrected chi connectivity index (χ0v) is 13.5. The third-order valence-electron chi connectivity index (χ3n) is 3.72. The molecule has 2 N–H and O–H groups in total. The van der Waals surface area contributed by atoms with Crippen molar-refractivity contribution in [3.05, 3.63) is 23.8 Å². The van der Waals surface area contributed by atoms with E-state index in [0.29, 0.717) is 24.7 Å². The van der Waals surface area contributed by atoms with Gasteiger partial charge in [0.2, 0.25) is 0 Å². The number of carbonyl (C=O) groups is 2. The molecular formula is C16H22N2O5. The van der Waals surface area contributed by atoms with Crippen molar-refractivity contribution in [1.82, 2.24) is 10.2 Å². The summed E-state index contributed by atoms with van der Waals surface area (Å²) in [7, 11) is 1.57. The van der Waals surface area contributed by atoms with Crippen LogP contribution in [0.15, 0.2) is 18.2 Å². The molecule has 1 aromatic rings. The molecular weight excluding hydrogens is 300 g/mol. The molecule has 1 aliphatic rings. The summed E-state index contributed by atoms with van der Waals surface area (Å²) in [5, 5.41) is 11.7. The average Bonchev–Trinajstić information content (AvgIpc) is 2.53. The lowest BCUT2D eigenvalue weighted by Crippen LogP contribution is -2.41. The Morgan fingerprint density at radius 2 is 1.91 bits per heavy atom. The van der Waals surface area contributed by atoms with Crippen LogP contribution in [0.25, 0.3) is 0 Å². The molecule has 2 atom stereocenters. The Kier molecular flexibility index (Phi) is 5.31. The monoisotopic (exact) mass is 322 g/mol. The molecule has 0 aromatic heterocycles. The Labute approximate surface area is 135 Å². The van der Waals surface area contributed by atoms with E-state index in [4.69, 9.17) is 14.6 Å². The maximum atomic E-state index is 12.1. The number of carboxylic acid groups (broad SMARTS) is 1. The smallest absolute Gasteiger partial charge is 0.317 e. The number of aliphatic carboxylic acids is 1. The van der Waals surface area contributed by atoms with Gasteiger partial charge in [0, 0.05) is 13.6 Å². The standard InChI is InChI=1S/C16H22N2O5/c1-10(15(19)20)9-18(3)16(21)17-11(2)12-4-5-13-14(8-12)23-7-6-22-13/h4-5,8,10-11H,6-7,9H2,1-3H3,(H,17,21)(H,19,20). The van der Waals surface area contributed by atoms with Crippen molar-refractivity contribution in [1.29, 1.82) is 0 Å². The highest BCUT2D eigenvalue weighted by atomic mass is 16.6. The van der Waals surface area contributed by atoms with E-state index in [1.165, 1.54) is 4.90 Å². The lowest BCUT2D eigenvalue weighted by Gasteiger charge is -2.24. The molecule has 1 aromatic carbocycles. The fraction of sp³-hybridized carbons (Fsp3) is 0.500. The van der Waals surface area contributed by atoms with Gasteiger partial charge in [-0.15, -0.1) is 0 Å². The Balaban J connectivity index is 1.96. The number of rotatable bonds is 5. The van der Waals surface area contributed by atoms with Crippen molar-refractivity contribution in [2.45, 2.75) is 19.9 Å². The summed E-state index contributed by atoms with van der Waals surface area (Å²) in [6.07, 6.45) is 0. The molecule has 0 saturated heterocycles. The lowest BCUT2D eigenvalue weighted by molar-refractivity contribution is -0.141. The summed E-state index contributed by atoms with van der Waals surface area (Å²) in [4.78, 5) is 24.4. The zero-order chi connectivity index (χ0) is 17.0. The molecule has 2 amide bonds. The maximum Gasteiger partial charge on any atom is 0.317 e. The second kappa shape index (κ2) is 7.21. The maximum absolute atomic E-state index is 12.1. The number of carbonyl (C=O) groups excluding carboxylic acids is 1. The van der Waals surface area contributed by atoms with E-state index in [0.717, 1.165) is 5.56 Å². The number of carboxylic acids is 1. The molecule has 7 nitrogen and oxygen atoms in total. The van der Waals surface area contributed by atoms with Crippen LogP contribution in [-0.4, -0.2) is 48.8 Å². The highest BCUT2D eigenvalue weighted by Crippen LogP contribution is 2.32. The minimum absolute atomic E-state index is 0.148. The first-order valence-electron chi connectivity index (χ1n) is 7.52. The van der Waals surface area contributed by atoms with E-state index in [-0.39, 0.29) is 18.6 Å². The molecule has 1 heterocycles. The van der Waals surface area contributed by atoms with Gasteiger partial charge < -0.3 is 24.8 Å². The molecule has 2 unspecified atom stereocenters. The highest BCUT2D eigenvalue weighted by Gasteiger charge is 2.20. The number of urea groups is 1. The molecule has 0 bridgehead atoms. The number of hydrogen-bond acceptors (Lipinski definition) is 4. The third kappa shape index (κ3) is 4.28. The first-order valence-corrected chi connectivity index (χ1v) is 7.52. The van der Waals surface area contributed by atoms with Gasteiger partial charge in [-0.25, -0.2) is 4.79 Å². The van der Waals surface area contributed by atoms with E-state index in [1.807, 2.05) is 25.1 Å². The molecule has 0 fully saturated rings. The predicted molar refractivity (Wildman–Crippen MR) is 83.8 cm³/mol. The number of nitrogens with one attached hydrogen (secondary N) is 1.